The standard InChI is InChI=1S/C16H14ClNO3/c1-9-14-12(19)3-2-4-13(14)21-15(9)16(20)18-11-7-5-10(17)6-8-11/h5-8H,2-4H2,1H3,(H,18,20). The summed E-state index contributed by atoms with van der Waals surface area (Å²) in [7, 11) is 0. The number of fused-ring (bicyclic) bond motifs is 1. The van der Waals surface area contributed by atoms with Gasteiger partial charge >= 0.3 is 0 Å². The number of amides is 1. The smallest absolute Gasteiger partial charge is 0.291 e. The van der Waals surface area contributed by atoms with E-state index < -0.39 is 0 Å². The van der Waals surface area contributed by atoms with Gasteiger partial charge in [-0.2, -0.15) is 0 Å². The molecule has 0 radical (unpaired) electrons. The second kappa shape index (κ2) is 5.37. The van der Waals surface area contributed by atoms with Crippen molar-refractivity contribution >= 4 is 29.0 Å². The van der Waals surface area contributed by atoms with Gasteiger partial charge in [0.2, 0.25) is 0 Å². The molecule has 0 spiro atoms. The lowest BCUT2D eigenvalue weighted by Gasteiger charge is -2.07. The van der Waals surface area contributed by atoms with Crippen LogP contribution in [0, 0.1) is 6.92 Å². The van der Waals surface area contributed by atoms with Gasteiger partial charge in [-0.05, 0) is 37.6 Å². The topological polar surface area (TPSA) is 59.3 Å². The van der Waals surface area contributed by atoms with Crippen LogP contribution >= 0.6 is 11.6 Å². The number of rotatable bonds is 2. The van der Waals surface area contributed by atoms with E-state index in [2.05, 4.69) is 5.32 Å². The summed E-state index contributed by atoms with van der Waals surface area (Å²) in [6.07, 6.45) is 2.00. The van der Waals surface area contributed by atoms with Crippen molar-refractivity contribution in [2.45, 2.75) is 26.2 Å². The number of benzene rings is 1. The molecule has 5 heteroatoms. The minimum atomic E-state index is -0.350. The van der Waals surface area contributed by atoms with E-state index in [1.165, 1.54) is 0 Å². The molecular formula is C16H14ClNO3. The predicted octanol–water partition coefficient (Wildman–Crippen LogP) is 4.01. The van der Waals surface area contributed by atoms with E-state index in [9.17, 15) is 9.59 Å². The fraction of sp³-hybridized carbons (Fsp3) is 0.250. The number of ketones is 1. The lowest BCUT2D eigenvalue weighted by atomic mass is 9.94. The molecule has 0 saturated carbocycles. The number of carbonyl (C=O) groups excluding carboxylic acids is 2. The molecule has 0 fully saturated rings. The molecule has 0 aliphatic heterocycles. The van der Waals surface area contributed by atoms with Crippen molar-refractivity contribution < 1.29 is 14.0 Å². The normalized spacial score (nSPS) is 13.9. The number of nitrogens with one attached hydrogen (secondary N) is 1. The molecule has 0 atom stereocenters. The summed E-state index contributed by atoms with van der Waals surface area (Å²) in [6, 6.07) is 6.81. The van der Waals surface area contributed by atoms with Crippen molar-refractivity contribution in [2.24, 2.45) is 0 Å². The quantitative estimate of drug-likeness (QED) is 0.911. The van der Waals surface area contributed by atoms with Crippen molar-refractivity contribution in [3.8, 4) is 0 Å². The monoisotopic (exact) mass is 303 g/mol. The average molecular weight is 304 g/mol. The van der Waals surface area contributed by atoms with Crippen LogP contribution in [0.15, 0.2) is 28.7 Å². The predicted molar refractivity (Wildman–Crippen MR) is 80.1 cm³/mol. The van der Waals surface area contributed by atoms with E-state index in [4.69, 9.17) is 16.0 Å². The Bertz CT molecular complexity index is 716. The molecule has 2 aromatic rings. The molecule has 0 unspecified atom stereocenters. The van der Waals surface area contributed by atoms with Crippen LogP contribution in [0.3, 0.4) is 0 Å². The zero-order valence-corrected chi connectivity index (χ0v) is 12.3. The van der Waals surface area contributed by atoms with Gasteiger partial charge in [0.05, 0.1) is 5.56 Å². The van der Waals surface area contributed by atoms with Gasteiger partial charge in [0.1, 0.15) is 5.76 Å². The highest BCUT2D eigenvalue weighted by Gasteiger charge is 2.28. The highest BCUT2D eigenvalue weighted by molar-refractivity contribution is 6.30. The van der Waals surface area contributed by atoms with E-state index in [-0.39, 0.29) is 17.5 Å². The number of hydrogen-bond acceptors (Lipinski definition) is 3. The third-order valence-electron chi connectivity index (χ3n) is 3.61. The number of furan rings is 1. The minimum absolute atomic E-state index is 0.0584. The molecule has 1 aliphatic rings. The molecule has 1 aromatic heterocycles. The van der Waals surface area contributed by atoms with Gasteiger partial charge in [0.25, 0.3) is 5.91 Å². The first kappa shape index (κ1) is 13.9. The van der Waals surface area contributed by atoms with Crippen molar-refractivity contribution in [3.63, 3.8) is 0 Å². The molecule has 0 saturated heterocycles. The van der Waals surface area contributed by atoms with Gasteiger partial charge in [-0.1, -0.05) is 11.6 Å². The number of halogens is 1. The van der Waals surface area contributed by atoms with Gasteiger partial charge in [0, 0.05) is 29.1 Å². The third kappa shape index (κ3) is 2.59. The number of aryl methyl sites for hydroxylation is 1. The molecular weight excluding hydrogens is 290 g/mol. The van der Waals surface area contributed by atoms with Gasteiger partial charge < -0.3 is 9.73 Å². The molecule has 1 aromatic carbocycles. The SMILES string of the molecule is Cc1c(C(=O)Nc2ccc(Cl)cc2)oc2c1C(=O)CCC2. The largest absolute Gasteiger partial charge is 0.455 e. The van der Waals surface area contributed by atoms with Crippen LogP contribution in [0.4, 0.5) is 5.69 Å². The zero-order chi connectivity index (χ0) is 15.0. The lowest BCUT2D eigenvalue weighted by molar-refractivity contribution is 0.0963. The first-order chi connectivity index (χ1) is 10.1. The van der Waals surface area contributed by atoms with Crippen molar-refractivity contribution in [1.82, 2.24) is 0 Å². The Kier molecular flexibility index (Phi) is 3.55. The van der Waals surface area contributed by atoms with E-state index >= 15 is 0 Å². The van der Waals surface area contributed by atoms with Crippen molar-refractivity contribution in [1.29, 1.82) is 0 Å². The van der Waals surface area contributed by atoms with Crippen molar-refractivity contribution in [3.05, 3.63) is 51.9 Å². The van der Waals surface area contributed by atoms with Crippen molar-refractivity contribution in [2.75, 3.05) is 5.32 Å². The Balaban J connectivity index is 1.88. The van der Waals surface area contributed by atoms with E-state index in [0.29, 0.717) is 40.4 Å². The highest BCUT2D eigenvalue weighted by Crippen LogP contribution is 2.29. The highest BCUT2D eigenvalue weighted by atomic mass is 35.5. The second-order valence-electron chi connectivity index (χ2n) is 5.09. The fourth-order valence-corrected chi connectivity index (χ4v) is 2.71. The summed E-state index contributed by atoms with van der Waals surface area (Å²) in [5.41, 5.74) is 1.84. The second-order valence-corrected chi connectivity index (χ2v) is 5.53. The number of anilines is 1. The van der Waals surface area contributed by atoms with Crippen LogP contribution in [0.25, 0.3) is 0 Å². The zero-order valence-electron chi connectivity index (χ0n) is 11.5. The van der Waals surface area contributed by atoms with E-state index in [0.717, 1.165) is 6.42 Å². The summed E-state index contributed by atoms with van der Waals surface area (Å²) in [6.45, 7) is 1.75. The molecule has 4 nitrogen and oxygen atoms in total. The maximum absolute atomic E-state index is 12.3. The first-order valence-corrected chi connectivity index (χ1v) is 7.16. The Morgan fingerprint density at radius 3 is 2.62 bits per heavy atom. The maximum Gasteiger partial charge on any atom is 0.291 e. The van der Waals surface area contributed by atoms with Gasteiger partial charge in [-0.3, -0.25) is 9.59 Å². The summed E-state index contributed by atoms with van der Waals surface area (Å²) in [4.78, 5) is 24.2. The van der Waals surface area contributed by atoms with Gasteiger partial charge in [-0.25, -0.2) is 0 Å². The molecule has 21 heavy (non-hydrogen) atoms. The number of carbonyl (C=O) groups is 2. The number of Topliss-reactive ketones (excluding diaryl/α,β-unsaturated/α-hetero) is 1. The third-order valence-corrected chi connectivity index (χ3v) is 3.87. The number of hydrogen-bond donors (Lipinski definition) is 1. The van der Waals surface area contributed by atoms with E-state index in [1.54, 1.807) is 31.2 Å². The summed E-state index contributed by atoms with van der Waals surface area (Å²) < 4.78 is 5.61. The molecule has 0 bridgehead atoms. The Hall–Kier alpha value is -2.07. The van der Waals surface area contributed by atoms with E-state index in [1.807, 2.05) is 0 Å². The Morgan fingerprint density at radius 2 is 1.95 bits per heavy atom. The Morgan fingerprint density at radius 1 is 1.24 bits per heavy atom. The summed E-state index contributed by atoms with van der Waals surface area (Å²) >= 11 is 5.81. The average Bonchev–Trinajstić information content (AvgIpc) is 2.80. The molecule has 1 N–H and O–H groups in total. The lowest BCUT2D eigenvalue weighted by Crippen LogP contribution is -2.13. The minimum Gasteiger partial charge on any atom is -0.455 e. The molecule has 1 aliphatic carbocycles. The fourth-order valence-electron chi connectivity index (χ4n) is 2.59. The van der Waals surface area contributed by atoms with Crippen LogP contribution in [0.5, 0.6) is 0 Å². The van der Waals surface area contributed by atoms with Crippen LogP contribution in [0.1, 0.15) is 45.1 Å². The summed E-state index contributed by atoms with van der Waals surface area (Å²) in [5, 5.41) is 3.35. The van der Waals surface area contributed by atoms with Crippen LogP contribution in [-0.2, 0) is 6.42 Å². The van der Waals surface area contributed by atoms with Crippen LogP contribution in [-0.4, -0.2) is 11.7 Å². The van der Waals surface area contributed by atoms with Gasteiger partial charge in [0.15, 0.2) is 11.5 Å². The van der Waals surface area contributed by atoms with Gasteiger partial charge in [-0.15, -0.1) is 0 Å². The molecule has 1 amide bonds. The first-order valence-electron chi connectivity index (χ1n) is 6.78. The Labute approximate surface area is 127 Å². The van der Waals surface area contributed by atoms with Crippen LogP contribution < -0.4 is 5.32 Å². The summed E-state index contributed by atoms with van der Waals surface area (Å²) in [5.74, 6) is 0.551. The molecule has 1 heterocycles. The van der Waals surface area contributed by atoms with Crippen LogP contribution in [0.2, 0.25) is 5.02 Å². The molecule has 3 rings (SSSR count). The molecule has 108 valence electrons. The maximum atomic E-state index is 12.3.